The Hall–Kier alpha value is -0.840. The van der Waals surface area contributed by atoms with Crippen molar-refractivity contribution < 1.29 is 13.9 Å². The maximum Gasteiger partial charge on any atom is 0.191 e. The molecule has 172 valence electrons. The molecule has 1 saturated carbocycles. The number of halogens is 1. The van der Waals surface area contributed by atoms with Crippen LogP contribution >= 0.6 is 24.0 Å². The first-order chi connectivity index (χ1) is 14.3. The molecule has 0 bridgehead atoms. The third-order valence-electron chi connectivity index (χ3n) is 6.14. The fraction of sp³-hybridized carbons (Fsp3) is 0.773. The number of nitrogens with zero attached hydrogens (tertiary/aromatic N) is 2. The summed E-state index contributed by atoms with van der Waals surface area (Å²) in [4.78, 5) is 7.44. The lowest BCUT2D eigenvalue weighted by molar-refractivity contribution is 0.0389. The van der Waals surface area contributed by atoms with Gasteiger partial charge in [-0.25, -0.2) is 0 Å². The highest BCUT2D eigenvalue weighted by Gasteiger charge is 2.33. The van der Waals surface area contributed by atoms with Gasteiger partial charge in [-0.1, -0.05) is 12.8 Å². The number of guanidine groups is 1. The highest BCUT2D eigenvalue weighted by Crippen LogP contribution is 2.41. The monoisotopic (exact) mass is 534 g/mol. The van der Waals surface area contributed by atoms with E-state index >= 15 is 0 Å². The van der Waals surface area contributed by atoms with Gasteiger partial charge in [0.1, 0.15) is 5.76 Å². The molecule has 0 spiro atoms. The van der Waals surface area contributed by atoms with E-state index in [2.05, 4.69) is 15.5 Å². The molecule has 8 heteroatoms. The van der Waals surface area contributed by atoms with Crippen molar-refractivity contribution in [2.75, 3.05) is 66.2 Å². The third-order valence-corrected chi connectivity index (χ3v) is 6.14. The zero-order valence-corrected chi connectivity index (χ0v) is 20.7. The van der Waals surface area contributed by atoms with Gasteiger partial charge in [0.2, 0.25) is 0 Å². The second-order valence-electron chi connectivity index (χ2n) is 8.25. The van der Waals surface area contributed by atoms with Crippen LogP contribution in [0.5, 0.6) is 0 Å². The number of nitrogens with one attached hydrogen (secondary N) is 2. The lowest BCUT2D eigenvalue weighted by atomic mass is 9.83. The Kier molecular flexibility index (Phi) is 12.1. The quantitative estimate of drug-likeness (QED) is 0.259. The van der Waals surface area contributed by atoms with Gasteiger partial charge >= 0.3 is 0 Å². The lowest BCUT2D eigenvalue weighted by Crippen LogP contribution is -2.45. The molecule has 0 radical (unpaired) electrons. The van der Waals surface area contributed by atoms with Gasteiger partial charge in [-0.3, -0.25) is 9.89 Å². The first kappa shape index (κ1) is 25.4. The topological polar surface area (TPSA) is 71.3 Å². The normalized spacial score (nSPS) is 19.4. The van der Waals surface area contributed by atoms with Crippen LogP contribution in [0.4, 0.5) is 0 Å². The molecule has 0 unspecified atom stereocenters. The molecule has 2 heterocycles. The van der Waals surface area contributed by atoms with E-state index in [1.165, 1.54) is 25.7 Å². The van der Waals surface area contributed by atoms with Crippen molar-refractivity contribution in [3.05, 3.63) is 24.2 Å². The summed E-state index contributed by atoms with van der Waals surface area (Å²) < 4.78 is 16.2. The fourth-order valence-electron chi connectivity index (χ4n) is 4.27. The minimum Gasteiger partial charge on any atom is -0.469 e. The Morgan fingerprint density at radius 1 is 1.20 bits per heavy atom. The van der Waals surface area contributed by atoms with Crippen molar-refractivity contribution in [2.24, 2.45) is 10.4 Å². The second kappa shape index (κ2) is 14.3. The third kappa shape index (κ3) is 8.72. The molecule has 0 aromatic carbocycles. The van der Waals surface area contributed by atoms with Gasteiger partial charge < -0.3 is 24.5 Å². The van der Waals surface area contributed by atoms with Crippen LogP contribution in [0.1, 0.15) is 37.9 Å². The molecule has 2 N–H and O–H groups in total. The van der Waals surface area contributed by atoms with Gasteiger partial charge in [-0.15, -0.1) is 24.0 Å². The van der Waals surface area contributed by atoms with Crippen molar-refractivity contribution in [3.8, 4) is 0 Å². The predicted molar refractivity (Wildman–Crippen MR) is 131 cm³/mol. The smallest absolute Gasteiger partial charge is 0.191 e. The van der Waals surface area contributed by atoms with E-state index in [4.69, 9.17) is 18.9 Å². The Balaban J connectivity index is 0.00000320. The molecule has 0 amide bonds. The lowest BCUT2D eigenvalue weighted by Gasteiger charge is -2.28. The maximum atomic E-state index is 5.44. The number of methoxy groups -OCH3 is 1. The van der Waals surface area contributed by atoms with Crippen molar-refractivity contribution in [3.63, 3.8) is 0 Å². The molecule has 1 aliphatic carbocycles. The molecule has 1 aromatic heterocycles. The van der Waals surface area contributed by atoms with Gasteiger partial charge in [0.15, 0.2) is 5.96 Å². The summed E-state index contributed by atoms with van der Waals surface area (Å²) in [5.41, 5.74) is 0.301. The van der Waals surface area contributed by atoms with Crippen LogP contribution in [0, 0.1) is 5.41 Å². The van der Waals surface area contributed by atoms with Gasteiger partial charge in [-0.2, -0.15) is 0 Å². The zero-order chi connectivity index (χ0) is 20.2. The summed E-state index contributed by atoms with van der Waals surface area (Å²) in [6, 6.07) is 3.95. The van der Waals surface area contributed by atoms with Crippen LogP contribution in [0.3, 0.4) is 0 Å². The summed E-state index contributed by atoms with van der Waals surface area (Å²) >= 11 is 0. The maximum absolute atomic E-state index is 5.44. The average molecular weight is 534 g/mol. The van der Waals surface area contributed by atoms with Gasteiger partial charge in [-0.05, 0) is 36.8 Å². The van der Waals surface area contributed by atoms with Gasteiger partial charge in [0.05, 0.1) is 19.5 Å². The molecule has 2 aliphatic rings. The van der Waals surface area contributed by atoms with E-state index in [0.717, 1.165) is 83.7 Å². The van der Waals surface area contributed by atoms with Crippen LogP contribution in [0.25, 0.3) is 0 Å². The Morgan fingerprint density at radius 3 is 2.67 bits per heavy atom. The van der Waals surface area contributed by atoms with E-state index in [1.807, 2.05) is 12.1 Å². The SMILES string of the molecule is COCCC1(CN=C(NCCc2ccco2)NCCN2CCOCC2)CCCC1.I. The summed E-state index contributed by atoms with van der Waals surface area (Å²) in [5, 5.41) is 7.04. The molecule has 3 rings (SSSR count). The van der Waals surface area contributed by atoms with Crippen molar-refractivity contribution in [1.82, 2.24) is 15.5 Å². The Morgan fingerprint density at radius 2 is 1.97 bits per heavy atom. The van der Waals surface area contributed by atoms with Crippen molar-refractivity contribution in [1.29, 1.82) is 0 Å². The summed E-state index contributed by atoms with van der Waals surface area (Å²) in [6.07, 6.45) is 8.81. The first-order valence-corrected chi connectivity index (χ1v) is 11.1. The summed E-state index contributed by atoms with van der Waals surface area (Å²) in [6.45, 7) is 8.09. The molecule has 1 saturated heterocycles. The largest absolute Gasteiger partial charge is 0.469 e. The molecule has 0 atom stereocenters. The minimum absolute atomic E-state index is 0. The number of hydrogen-bond donors (Lipinski definition) is 2. The Bertz CT molecular complexity index is 585. The number of morpholine rings is 1. The minimum atomic E-state index is 0. The molecule has 1 aliphatic heterocycles. The predicted octanol–water partition coefficient (Wildman–Crippen LogP) is 2.90. The summed E-state index contributed by atoms with van der Waals surface area (Å²) in [7, 11) is 1.79. The standard InChI is InChI=1S/C22H38N4O3.HI/c1-27-16-9-22(7-2-3-8-22)19-25-21(23-10-6-20-5-4-15-29-20)24-11-12-26-13-17-28-18-14-26;/h4-5,15H,2-3,6-14,16-19H2,1H3,(H2,23,24,25);1H. The highest BCUT2D eigenvalue weighted by atomic mass is 127. The molecule has 30 heavy (non-hydrogen) atoms. The van der Waals surface area contributed by atoms with E-state index in [0.29, 0.717) is 5.41 Å². The van der Waals surface area contributed by atoms with Crippen molar-refractivity contribution in [2.45, 2.75) is 38.5 Å². The van der Waals surface area contributed by atoms with Crippen LogP contribution in [-0.4, -0.2) is 77.1 Å². The Labute approximate surface area is 198 Å². The summed E-state index contributed by atoms with van der Waals surface area (Å²) in [5.74, 6) is 1.91. The number of furan rings is 1. The average Bonchev–Trinajstić information content (AvgIpc) is 3.44. The van der Waals surface area contributed by atoms with E-state index in [-0.39, 0.29) is 24.0 Å². The number of ether oxygens (including phenoxy) is 2. The van der Waals surface area contributed by atoms with Gasteiger partial charge in [0.25, 0.3) is 0 Å². The number of aliphatic imine (C=N–C) groups is 1. The molecule has 1 aromatic rings. The van der Waals surface area contributed by atoms with Crippen LogP contribution in [-0.2, 0) is 15.9 Å². The zero-order valence-electron chi connectivity index (χ0n) is 18.4. The molecule has 2 fully saturated rings. The van der Waals surface area contributed by atoms with Crippen LogP contribution in [0.2, 0.25) is 0 Å². The highest BCUT2D eigenvalue weighted by molar-refractivity contribution is 14.0. The van der Waals surface area contributed by atoms with E-state index in [9.17, 15) is 0 Å². The van der Waals surface area contributed by atoms with E-state index < -0.39 is 0 Å². The second-order valence-corrected chi connectivity index (χ2v) is 8.25. The van der Waals surface area contributed by atoms with Crippen LogP contribution < -0.4 is 10.6 Å². The van der Waals surface area contributed by atoms with Gasteiger partial charge in [0, 0.05) is 59.4 Å². The van der Waals surface area contributed by atoms with Crippen LogP contribution in [0.15, 0.2) is 27.8 Å². The molecule has 7 nitrogen and oxygen atoms in total. The van der Waals surface area contributed by atoms with E-state index in [1.54, 1.807) is 13.4 Å². The molecular weight excluding hydrogens is 495 g/mol. The fourth-order valence-corrected chi connectivity index (χ4v) is 4.27. The molecular formula is C22H39IN4O3. The van der Waals surface area contributed by atoms with Crippen molar-refractivity contribution >= 4 is 29.9 Å². The number of rotatable bonds is 11. The number of hydrogen-bond acceptors (Lipinski definition) is 5. The first-order valence-electron chi connectivity index (χ1n) is 11.1.